The number of aryl methyl sites for hydroxylation is 1. The van der Waals surface area contributed by atoms with E-state index in [2.05, 4.69) is 16.0 Å². The van der Waals surface area contributed by atoms with Crippen molar-refractivity contribution in [3.8, 4) is 5.75 Å². The molecule has 0 bridgehead atoms. The van der Waals surface area contributed by atoms with Gasteiger partial charge < -0.3 is 34.9 Å². The van der Waals surface area contributed by atoms with Crippen molar-refractivity contribution in [1.82, 2.24) is 16.0 Å². The van der Waals surface area contributed by atoms with Gasteiger partial charge >= 0.3 is 11.9 Å². The van der Waals surface area contributed by atoms with E-state index in [9.17, 15) is 28.8 Å². The molecule has 2 aromatic rings. The highest BCUT2D eigenvalue weighted by molar-refractivity contribution is 6.32. The van der Waals surface area contributed by atoms with Crippen molar-refractivity contribution in [2.24, 2.45) is 29.1 Å². The fourth-order valence-electron chi connectivity index (χ4n) is 6.91. The van der Waals surface area contributed by atoms with E-state index in [1.165, 1.54) is 13.2 Å². The number of carbonyl (C=O) groups excluding carboxylic acids is 6. The second-order valence-corrected chi connectivity index (χ2v) is 18.2. The average molecular weight is 866 g/mol. The summed E-state index contributed by atoms with van der Waals surface area (Å²) < 4.78 is 23.4. The number of cyclic esters (lactones) is 2. The zero-order valence-corrected chi connectivity index (χ0v) is 37.9. The van der Waals surface area contributed by atoms with Crippen LogP contribution in [0.15, 0.2) is 54.6 Å². The lowest BCUT2D eigenvalue weighted by atomic mass is 9.92. The molecule has 13 nitrogen and oxygen atoms in total. The van der Waals surface area contributed by atoms with Crippen LogP contribution in [0.3, 0.4) is 0 Å². The molecule has 1 saturated heterocycles. The minimum atomic E-state index is -1.24. The Morgan fingerprint density at radius 1 is 0.951 bits per heavy atom. The normalized spacial score (nSPS) is 24.4. The van der Waals surface area contributed by atoms with E-state index < -0.39 is 53.5 Å². The van der Waals surface area contributed by atoms with Crippen LogP contribution >= 0.6 is 11.6 Å². The maximum Gasteiger partial charge on any atom is 0.347 e. The Bertz CT molecular complexity index is 1910. The second kappa shape index (κ2) is 21.9. The summed E-state index contributed by atoms with van der Waals surface area (Å²) in [5.41, 5.74) is 1.32. The van der Waals surface area contributed by atoms with Crippen molar-refractivity contribution >= 4 is 47.0 Å². The summed E-state index contributed by atoms with van der Waals surface area (Å²) in [5.74, 6) is -2.54. The topological polar surface area (TPSA) is 179 Å². The van der Waals surface area contributed by atoms with Crippen LogP contribution in [0.2, 0.25) is 5.02 Å². The standard InChI is InChI=1S/C47H64ClN3O10/c1-26(2)22-39-45(56)59-37(29(6)41-42(61-41)33-18-14-31(15-19-33)16-20-36(52)30(7)50-43(54)28(5)27(3)4)12-11-13-40(53)51-35(24-32-17-21-38(58-10)34(48)23-32)44(55)49-25-47(8,9)46(57)60-39/h11,13-15,17-19,21,23,26-30,35,37,39,41-42H,12,16,20,22,24-25H2,1-10H3,(H,49,55)(H,50,54)(H,51,53)/b13-11+/t28-,29-,30-,35-,37-,39-,41+,42+/m0/s1. The molecule has 0 unspecified atom stereocenters. The molecule has 1 fully saturated rings. The number of rotatable bonds is 15. The molecule has 334 valence electrons. The number of halogens is 1. The van der Waals surface area contributed by atoms with Crippen LogP contribution in [-0.4, -0.2) is 79.5 Å². The molecule has 8 atom stereocenters. The highest BCUT2D eigenvalue weighted by Gasteiger charge is 2.48. The summed E-state index contributed by atoms with van der Waals surface area (Å²) in [4.78, 5) is 79.6. The van der Waals surface area contributed by atoms with Crippen LogP contribution in [0, 0.1) is 29.1 Å². The van der Waals surface area contributed by atoms with Gasteiger partial charge in [0.1, 0.15) is 24.0 Å². The quantitative estimate of drug-likeness (QED) is 0.134. The molecule has 61 heavy (non-hydrogen) atoms. The number of benzene rings is 2. The Morgan fingerprint density at radius 3 is 2.25 bits per heavy atom. The van der Waals surface area contributed by atoms with Crippen molar-refractivity contribution in [3.63, 3.8) is 0 Å². The van der Waals surface area contributed by atoms with Crippen LogP contribution in [0.4, 0.5) is 0 Å². The monoisotopic (exact) mass is 865 g/mol. The van der Waals surface area contributed by atoms with Crippen LogP contribution in [-0.2, 0) is 55.8 Å². The molecular formula is C47H64ClN3O10. The van der Waals surface area contributed by atoms with Crippen LogP contribution in [0.25, 0.3) is 0 Å². The van der Waals surface area contributed by atoms with Gasteiger partial charge in [-0.05, 0) is 80.3 Å². The third kappa shape index (κ3) is 14.1. The van der Waals surface area contributed by atoms with E-state index in [4.69, 9.17) is 30.5 Å². The van der Waals surface area contributed by atoms with Gasteiger partial charge in [-0.15, -0.1) is 0 Å². The number of nitrogens with one attached hydrogen (secondary N) is 3. The van der Waals surface area contributed by atoms with Crippen LogP contribution < -0.4 is 20.7 Å². The second-order valence-electron chi connectivity index (χ2n) is 17.8. The van der Waals surface area contributed by atoms with E-state index in [1.54, 1.807) is 45.0 Å². The lowest BCUT2D eigenvalue weighted by Gasteiger charge is -2.29. The Balaban J connectivity index is 1.49. The van der Waals surface area contributed by atoms with Crippen LogP contribution in [0.5, 0.6) is 5.75 Å². The first-order valence-corrected chi connectivity index (χ1v) is 21.6. The summed E-state index contributed by atoms with van der Waals surface area (Å²) in [6, 6.07) is 11.3. The lowest BCUT2D eigenvalue weighted by Crippen LogP contribution is -2.51. The summed E-state index contributed by atoms with van der Waals surface area (Å²) >= 11 is 6.36. The number of methoxy groups -OCH3 is 1. The molecule has 3 amide bonds. The molecule has 0 radical (unpaired) electrons. The number of Topliss-reactive ketones (excluding diaryl/α,β-unsaturated/α-hetero) is 1. The van der Waals surface area contributed by atoms with Gasteiger partial charge in [0.2, 0.25) is 17.7 Å². The predicted octanol–water partition coefficient (Wildman–Crippen LogP) is 6.42. The molecule has 0 aliphatic carbocycles. The minimum absolute atomic E-state index is 0.0227. The van der Waals surface area contributed by atoms with Gasteiger partial charge in [-0.1, -0.05) is 89.6 Å². The number of hydrogen-bond donors (Lipinski definition) is 3. The minimum Gasteiger partial charge on any atom is -0.495 e. The van der Waals surface area contributed by atoms with Crippen molar-refractivity contribution in [1.29, 1.82) is 0 Å². The Morgan fingerprint density at radius 2 is 1.62 bits per heavy atom. The van der Waals surface area contributed by atoms with Crippen LogP contribution in [0.1, 0.15) is 104 Å². The molecule has 14 heteroatoms. The lowest BCUT2D eigenvalue weighted by molar-refractivity contribution is -0.179. The average Bonchev–Trinajstić information content (AvgIpc) is 4.01. The third-order valence-corrected chi connectivity index (χ3v) is 11.8. The number of epoxide rings is 1. The fraction of sp³-hybridized carbons (Fsp3) is 0.574. The van der Waals surface area contributed by atoms with Gasteiger partial charge in [0.25, 0.3) is 0 Å². The number of amides is 3. The largest absolute Gasteiger partial charge is 0.495 e. The molecule has 2 heterocycles. The Labute approximate surface area is 365 Å². The van der Waals surface area contributed by atoms with E-state index in [0.29, 0.717) is 22.8 Å². The SMILES string of the molecule is COc1ccc(C[C@@H]2NC(=O)/C=C/C[C@@H]([C@H](C)[C@H]3O[C@@H]3c3ccc(CCC(=O)[C@H](C)NC(=O)[C@@H](C)C(C)C)cc3)OC(=O)[C@H](CC(C)C)OC(=O)C(C)(C)CNC2=O)cc1Cl. The van der Waals surface area contributed by atoms with E-state index in [0.717, 1.165) is 11.1 Å². The Hall–Kier alpha value is -4.75. The van der Waals surface area contributed by atoms with Gasteiger partial charge in [0.05, 0.1) is 29.7 Å². The first-order chi connectivity index (χ1) is 28.7. The van der Waals surface area contributed by atoms with Gasteiger partial charge in [0, 0.05) is 37.6 Å². The fourth-order valence-corrected chi connectivity index (χ4v) is 7.19. The third-order valence-electron chi connectivity index (χ3n) is 11.5. The Kier molecular flexibility index (Phi) is 17.5. The predicted molar refractivity (Wildman–Crippen MR) is 232 cm³/mol. The highest BCUT2D eigenvalue weighted by Crippen LogP contribution is 2.45. The van der Waals surface area contributed by atoms with E-state index >= 15 is 0 Å². The molecule has 2 aliphatic heterocycles. The molecule has 0 spiro atoms. The molecule has 2 aliphatic rings. The summed E-state index contributed by atoms with van der Waals surface area (Å²) in [6.45, 7) is 16.3. The van der Waals surface area contributed by atoms with Gasteiger partial charge in [-0.2, -0.15) is 0 Å². The first-order valence-electron chi connectivity index (χ1n) is 21.3. The molecule has 3 N–H and O–H groups in total. The summed E-state index contributed by atoms with van der Waals surface area (Å²) in [6.07, 6.45) is 1.56. The number of esters is 2. The van der Waals surface area contributed by atoms with Gasteiger partial charge in [-0.3, -0.25) is 24.0 Å². The molecule has 2 aromatic carbocycles. The summed E-state index contributed by atoms with van der Waals surface area (Å²) in [7, 11) is 1.50. The summed E-state index contributed by atoms with van der Waals surface area (Å²) in [5, 5.41) is 8.73. The van der Waals surface area contributed by atoms with Crippen molar-refractivity contribution in [3.05, 3.63) is 76.3 Å². The first kappa shape index (κ1) is 48.9. The van der Waals surface area contributed by atoms with Gasteiger partial charge in [0.15, 0.2) is 11.9 Å². The zero-order valence-electron chi connectivity index (χ0n) is 37.2. The number of ether oxygens (including phenoxy) is 4. The maximum absolute atomic E-state index is 13.8. The van der Waals surface area contributed by atoms with Gasteiger partial charge in [-0.25, -0.2) is 4.79 Å². The highest BCUT2D eigenvalue weighted by atomic mass is 35.5. The van der Waals surface area contributed by atoms with E-state index in [-0.39, 0.29) is 79.8 Å². The number of hydrogen-bond acceptors (Lipinski definition) is 10. The maximum atomic E-state index is 13.8. The zero-order chi connectivity index (χ0) is 45.2. The molecular weight excluding hydrogens is 802 g/mol. The smallest absolute Gasteiger partial charge is 0.347 e. The van der Waals surface area contributed by atoms with Crippen molar-refractivity contribution in [2.75, 3.05) is 13.7 Å². The number of ketones is 1. The van der Waals surface area contributed by atoms with Crippen molar-refractivity contribution < 1.29 is 47.7 Å². The molecule has 4 rings (SSSR count). The molecule has 0 aromatic heterocycles. The van der Waals surface area contributed by atoms with Crippen molar-refractivity contribution in [2.45, 2.75) is 131 Å². The molecule has 0 saturated carbocycles. The number of carbonyl (C=O) groups is 6. The van der Waals surface area contributed by atoms with E-state index in [1.807, 2.05) is 65.8 Å².